The van der Waals surface area contributed by atoms with E-state index < -0.39 is 0 Å². The molecule has 1 aliphatic rings. The van der Waals surface area contributed by atoms with Crippen LogP contribution in [0.25, 0.3) is 0 Å². The van der Waals surface area contributed by atoms with Crippen LogP contribution >= 0.6 is 0 Å². The number of aromatic nitrogens is 1. The maximum Gasteiger partial charge on any atom is 0.337 e. The molecule has 0 radical (unpaired) electrons. The number of nitrogens with one attached hydrogen (secondary N) is 1. The van der Waals surface area contributed by atoms with Crippen molar-refractivity contribution in [2.45, 2.75) is 25.8 Å². The topological polar surface area (TPSA) is 84.7 Å². The average molecular weight is 343 g/mol. The summed E-state index contributed by atoms with van der Waals surface area (Å²) in [6, 6.07) is 7.49. The molecule has 25 heavy (non-hydrogen) atoms. The summed E-state index contributed by atoms with van der Waals surface area (Å²) < 4.78 is 9.85. The summed E-state index contributed by atoms with van der Waals surface area (Å²) in [6.45, 7) is 3.04. The van der Waals surface area contributed by atoms with Gasteiger partial charge in [-0.05, 0) is 38.0 Å². The minimum atomic E-state index is -0.355. The van der Waals surface area contributed by atoms with E-state index in [2.05, 4.69) is 10.3 Å². The third kappa shape index (κ3) is 3.81. The number of methoxy groups -OCH3 is 1. The highest BCUT2D eigenvalue weighted by Crippen LogP contribution is 2.20. The van der Waals surface area contributed by atoms with Gasteiger partial charge in [-0.3, -0.25) is 4.79 Å². The van der Waals surface area contributed by atoms with Crippen molar-refractivity contribution in [1.82, 2.24) is 9.88 Å². The van der Waals surface area contributed by atoms with Crippen LogP contribution in [0.5, 0.6) is 0 Å². The zero-order valence-corrected chi connectivity index (χ0v) is 14.3. The number of benzene rings is 1. The van der Waals surface area contributed by atoms with E-state index in [1.165, 1.54) is 13.5 Å². The number of amides is 1. The first-order valence-corrected chi connectivity index (χ1v) is 8.22. The highest BCUT2D eigenvalue weighted by atomic mass is 16.5. The largest absolute Gasteiger partial charge is 0.465 e. The smallest absolute Gasteiger partial charge is 0.337 e. The van der Waals surface area contributed by atoms with Gasteiger partial charge < -0.3 is 19.4 Å². The summed E-state index contributed by atoms with van der Waals surface area (Å²) in [7, 11) is 1.37. The first kappa shape index (κ1) is 17.0. The van der Waals surface area contributed by atoms with Crippen LogP contribution in [0.4, 0.5) is 5.69 Å². The van der Waals surface area contributed by atoms with Crippen LogP contribution in [0.1, 0.15) is 39.4 Å². The number of aryl methyl sites for hydroxylation is 1. The van der Waals surface area contributed by atoms with Gasteiger partial charge in [0.25, 0.3) is 5.91 Å². The Labute approximate surface area is 146 Å². The van der Waals surface area contributed by atoms with Crippen LogP contribution < -0.4 is 5.32 Å². The fourth-order valence-electron chi connectivity index (χ4n) is 2.98. The van der Waals surface area contributed by atoms with Crippen molar-refractivity contribution in [3.8, 4) is 0 Å². The second kappa shape index (κ2) is 7.38. The molecule has 0 saturated carbocycles. The maximum absolute atomic E-state index is 12.4. The molecule has 0 bridgehead atoms. The molecule has 3 rings (SSSR count). The zero-order chi connectivity index (χ0) is 17.8. The molecule has 0 spiro atoms. The van der Waals surface area contributed by atoms with Gasteiger partial charge in [0.05, 0.1) is 12.7 Å². The van der Waals surface area contributed by atoms with Crippen LogP contribution in [0.15, 0.2) is 35.1 Å². The van der Waals surface area contributed by atoms with E-state index in [9.17, 15) is 9.59 Å². The first-order chi connectivity index (χ1) is 12.1. The van der Waals surface area contributed by atoms with Gasteiger partial charge in [-0.25, -0.2) is 9.78 Å². The lowest BCUT2D eigenvalue weighted by molar-refractivity contribution is 0.0600. The quantitative estimate of drug-likeness (QED) is 0.859. The van der Waals surface area contributed by atoms with Crippen LogP contribution in [-0.2, 0) is 4.74 Å². The lowest BCUT2D eigenvalue weighted by Crippen LogP contribution is -2.42. The Balaban J connectivity index is 1.57. The number of esters is 1. The van der Waals surface area contributed by atoms with Crippen molar-refractivity contribution in [3.05, 3.63) is 47.7 Å². The molecule has 1 N–H and O–H groups in total. The van der Waals surface area contributed by atoms with Gasteiger partial charge in [-0.15, -0.1) is 0 Å². The Kier molecular flexibility index (Phi) is 5.02. The van der Waals surface area contributed by atoms with E-state index in [1.54, 1.807) is 24.0 Å². The molecule has 2 heterocycles. The molecular weight excluding hydrogens is 322 g/mol. The van der Waals surface area contributed by atoms with Crippen LogP contribution in [0.3, 0.4) is 0 Å². The van der Waals surface area contributed by atoms with E-state index in [0.717, 1.165) is 18.5 Å². The molecule has 132 valence electrons. The zero-order valence-electron chi connectivity index (χ0n) is 14.3. The van der Waals surface area contributed by atoms with Crippen LogP contribution in [0.2, 0.25) is 0 Å². The molecule has 1 amide bonds. The molecular formula is C18H21N3O4. The van der Waals surface area contributed by atoms with E-state index in [-0.39, 0.29) is 17.9 Å². The van der Waals surface area contributed by atoms with Crippen LogP contribution in [0, 0.1) is 6.92 Å². The molecule has 1 aromatic carbocycles. The van der Waals surface area contributed by atoms with Gasteiger partial charge in [0.15, 0.2) is 12.1 Å². The second-order valence-electron chi connectivity index (χ2n) is 6.04. The molecule has 1 fully saturated rings. The predicted molar refractivity (Wildman–Crippen MR) is 91.6 cm³/mol. The molecule has 0 atom stereocenters. The number of rotatable bonds is 4. The average Bonchev–Trinajstić information content (AvgIpc) is 3.07. The molecule has 2 aromatic rings. The van der Waals surface area contributed by atoms with Gasteiger partial charge >= 0.3 is 5.97 Å². The second-order valence-corrected chi connectivity index (χ2v) is 6.04. The minimum Gasteiger partial charge on any atom is -0.465 e. The third-order valence-corrected chi connectivity index (χ3v) is 4.38. The number of hydrogen-bond acceptors (Lipinski definition) is 6. The summed E-state index contributed by atoms with van der Waals surface area (Å²) in [5, 5.41) is 3.43. The fraction of sp³-hybridized carbons (Fsp3) is 0.389. The minimum absolute atomic E-state index is 0.0858. The number of likely N-dealkylation sites (tertiary alicyclic amines) is 1. The lowest BCUT2D eigenvalue weighted by Gasteiger charge is -2.32. The Morgan fingerprint density at radius 2 is 2.08 bits per heavy atom. The number of oxazole rings is 1. The summed E-state index contributed by atoms with van der Waals surface area (Å²) >= 11 is 0. The van der Waals surface area contributed by atoms with E-state index >= 15 is 0 Å². The number of nitrogens with zero attached hydrogens (tertiary/aromatic N) is 2. The summed E-state index contributed by atoms with van der Waals surface area (Å²) in [5.41, 5.74) is 1.78. The molecule has 7 nitrogen and oxygen atoms in total. The van der Waals surface area contributed by atoms with Crippen molar-refractivity contribution in [2.24, 2.45) is 0 Å². The Morgan fingerprint density at radius 1 is 1.32 bits per heavy atom. The van der Waals surface area contributed by atoms with E-state index in [1.807, 2.05) is 12.1 Å². The van der Waals surface area contributed by atoms with Crippen molar-refractivity contribution in [3.63, 3.8) is 0 Å². The van der Waals surface area contributed by atoms with Crippen molar-refractivity contribution >= 4 is 17.6 Å². The predicted octanol–water partition coefficient (Wildman–Crippen LogP) is 2.49. The molecule has 1 aromatic heterocycles. The molecule has 1 saturated heterocycles. The standard InChI is InChI=1S/C18H21N3O4/c1-12-16(19-11-25-12)17(22)21-8-6-14(7-9-21)20-15-5-3-4-13(10-15)18(23)24-2/h3-5,10-11,14,20H,6-9H2,1-2H3. The third-order valence-electron chi connectivity index (χ3n) is 4.38. The number of piperidine rings is 1. The lowest BCUT2D eigenvalue weighted by atomic mass is 10.0. The van der Waals surface area contributed by atoms with Gasteiger partial charge in [0.1, 0.15) is 5.76 Å². The number of anilines is 1. The van der Waals surface area contributed by atoms with Gasteiger partial charge in [-0.1, -0.05) is 6.07 Å². The van der Waals surface area contributed by atoms with Crippen molar-refractivity contribution in [1.29, 1.82) is 0 Å². The normalized spacial score (nSPS) is 15.0. The maximum atomic E-state index is 12.4. The van der Waals surface area contributed by atoms with Gasteiger partial charge in [0.2, 0.25) is 0 Å². The summed E-state index contributed by atoms with van der Waals surface area (Å²) in [5.74, 6) is 0.106. The number of ether oxygens (including phenoxy) is 1. The molecule has 0 aliphatic carbocycles. The highest BCUT2D eigenvalue weighted by molar-refractivity contribution is 5.93. The van der Waals surface area contributed by atoms with Gasteiger partial charge in [0, 0.05) is 24.8 Å². The Bertz CT molecular complexity index is 763. The molecule has 1 aliphatic heterocycles. The number of carbonyl (C=O) groups excluding carboxylic acids is 2. The summed E-state index contributed by atoms with van der Waals surface area (Å²) in [4.78, 5) is 29.8. The van der Waals surface area contributed by atoms with E-state index in [0.29, 0.717) is 30.1 Å². The van der Waals surface area contributed by atoms with Crippen molar-refractivity contribution in [2.75, 3.05) is 25.5 Å². The van der Waals surface area contributed by atoms with E-state index in [4.69, 9.17) is 9.15 Å². The summed E-state index contributed by atoms with van der Waals surface area (Å²) in [6.07, 6.45) is 2.95. The van der Waals surface area contributed by atoms with Crippen molar-refractivity contribution < 1.29 is 18.7 Å². The monoisotopic (exact) mass is 343 g/mol. The SMILES string of the molecule is COC(=O)c1cccc(NC2CCN(C(=O)c3ncoc3C)CC2)c1. The molecule has 0 unspecified atom stereocenters. The Hall–Kier alpha value is -2.83. The number of carbonyl (C=O) groups is 2. The van der Waals surface area contributed by atoms with Crippen LogP contribution in [-0.4, -0.2) is 48.0 Å². The Morgan fingerprint density at radius 3 is 2.72 bits per heavy atom. The highest BCUT2D eigenvalue weighted by Gasteiger charge is 2.26. The molecule has 7 heteroatoms. The number of hydrogen-bond donors (Lipinski definition) is 1. The first-order valence-electron chi connectivity index (χ1n) is 8.22. The fourth-order valence-corrected chi connectivity index (χ4v) is 2.98. The van der Waals surface area contributed by atoms with Gasteiger partial charge in [-0.2, -0.15) is 0 Å².